The molecule has 4 heteroatoms. The van der Waals surface area contributed by atoms with E-state index in [9.17, 15) is 9.59 Å². The van der Waals surface area contributed by atoms with Crippen LogP contribution in [0.3, 0.4) is 0 Å². The number of carbonyl (C=O) groups excluding carboxylic acids is 2. The third kappa shape index (κ3) is 4.16. The molecule has 24 heavy (non-hydrogen) atoms. The molecule has 2 fully saturated rings. The highest BCUT2D eigenvalue weighted by Gasteiger charge is 2.48. The molecular weight excluding hydrogens is 300 g/mol. The summed E-state index contributed by atoms with van der Waals surface area (Å²) in [5.41, 5.74) is 2.06. The van der Waals surface area contributed by atoms with E-state index in [1.807, 2.05) is 24.3 Å². The van der Waals surface area contributed by atoms with Gasteiger partial charge < -0.3 is 10.6 Å². The van der Waals surface area contributed by atoms with Crippen molar-refractivity contribution in [2.45, 2.75) is 64.3 Å². The number of benzene rings is 1. The quantitative estimate of drug-likeness (QED) is 0.863. The summed E-state index contributed by atoms with van der Waals surface area (Å²) in [6, 6.07) is 8.28. The van der Waals surface area contributed by atoms with Crippen LogP contribution in [-0.2, 0) is 9.59 Å². The summed E-state index contributed by atoms with van der Waals surface area (Å²) in [7, 11) is 0. The fraction of sp³-hybridized carbons (Fsp3) is 0.600. The Balaban J connectivity index is 1.47. The molecule has 1 aromatic carbocycles. The van der Waals surface area contributed by atoms with Gasteiger partial charge in [-0.25, -0.2) is 0 Å². The molecule has 2 atom stereocenters. The van der Waals surface area contributed by atoms with E-state index in [0.29, 0.717) is 18.4 Å². The third-order valence-corrected chi connectivity index (χ3v) is 5.26. The summed E-state index contributed by atoms with van der Waals surface area (Å²) in [4.78, 5) is 24.6. The molecule has 0 radical (unpaired) electrons. The normalized spacial score (nSPS) is 23.8. The molecule has 2 unspecified atom stereocenters. The van der Waals surface area contributed by atoms with Crippen LogP contribution in [0.4, 0.5) is 5.69 Å². The Morgan fingerprint density at radius 3 is 2.21 bits per heavy atom. The van der Waals surface area contributed by atoms with Gasteiger partial charge in [-0.2, -0.15) is 0 Å². The number of amides is 2. The molecule has 2 aliphatic rings. The van der Waals surface area contributed by atoms with Gasteiger partial charge in [0.15, 0.2) is 0 Å². The minimum atomic E-state index is -0.168. The average Bonchev–Trinajstić information content (AvgIpc) is 3.37. The van der Waals surface area contributed by atoms with E-state index in [1.165, 1.54) is 24.8 Å². The highest BCUT2D eigenvalue weighted by molar-refractivity contribution is 5.99. The van der Waals surface area contributed by atoms with E-state index >= 15 is 0 Å². The molecule has 0 bridgehead atoms. The fourth-order valence-electron chi connectivity index (χ4n) is 3.52. The topological polar surface area (TPSA) is 58.2 Å². The van der Waals surface area contributed by atoms with Crippen molar-refractivity contribution in [1.29, 1.82) is 0 Å². The Morgan fingerprint density at radius 2 is 1.58 bits per heavy atom. The Morgan fingerprint density at radius 1 is 0.958 bits per heavy atom. The first kappa shape index (κ1) is 17.0. The molecule has 2 saturated carbocycles. The van der Waals surface area contributed by atoms with Gasteiger partial charge in [0.1, 0.15) is 0 Å². The van der Waals surface area contributed by atoms with Crippen molar-refractivity contribution < 1.29 is 9.59 Å². The smallest absolute Gasteiger partial charge is 0.228 e. The number of rotatable bonds is 5. The summed E-state index contributed by atoms with van der Waals surface area (Å²) < 4.78 is 0. The van der Waals surface area contributed by atoms with Crippen LogP contribution < -0.4 is 10.6 Å². The van der Waals surface area contributed by atoms with Crippen molar-refractivity contribution in [3.05, 3.63) is 29.8 Å². The van der Waals surface area contributed by atoms with Crippen LogP contribution in [0.15, 0.2) is 24.3 Å². The summed E-state index contributed by atoms with van der Waals surface area (Å²) in [5, 5.41) is 6.07. The lowest BCUT2D eigenvalue weighted by molar-refractivity contribution is -0.126. The van der Waals surface area contributed by atoms with Gasteiger partial charge in [-0.05, 0) is 42.9 Å². The molecule has 0 saturated heterocycles. The molecule has 130 valence electrons. The van der Waals surface area contributed by atoms with E-state index in [0.717, 1.165) is 18.5 Å². The average molecular weight is 328 g/mol. The molecular formula is C20H28N2O2. The van der Waals surface area contributed by atoms with E-state index in [1.54, 1.807) is 0 Å². The largest absolute Gasteiger partial charge is 0.353 e. The molecule has 1 aromatic rings. The number of hydrogen-bond acceptors (Lipinski definition) is 2. The Bertz CT molecular complexity index is 588. The number of hydrogen-bond donors (Lipinski definition) is 2. The fourth-order valence-corrected chi connectivity index (χ4v) is 3.52. The van der Waals surface area contributed by atoms with E-state index in [-0.39, 0.29) is 23.7 Å². The maximum Gasteiger partial charge on any atom is 0.228 e. The second-order valence-corrected chi connectivity index (χ2v) is 7.56. The van der Waals surface area contributed by atoms with Crippen LogP contribution in [0.2, 0.25) is 0 Å². The zero-order valence-corrected chi connectivity index (χ0v) is 14.7. The third-order valence-electron chi connectivity index (χ3n) is 5.26. The van der Waals surface area contributed by atoms with Crippen molar-refractivity contribution in [3.63, 3.8) is 0 Å². The molecule has 2 N–H and O–H groups in total. The predicted octanol–water partition coefficient (Wildman–Crippen LogP) is 3.83. The van der Waals surface area contributed by atoms with Crippen molar-refractivity contribution in [2.75, 3.05) is 5.32 Å². The number of carbonyl (C=O) groups is 2. The van der Waals surface area contributed by atoms with Gasteiger partial charge in [-0.3, -0.25) is 9.59 Å². The molecule has 0 aromatic heterocycles. The lowest BCUT2D eigenvalue weighted by atomic mass is 9.95. The van der Waals surface area contributed by atoms with Crippen molar-refractivity contribution in [3.8, 4) is 0 Å². The second kappa shape index (κ2) is 7.37. The number of anilines is 1. The summed E-state index contributed by atoms with van der Waals surface area (Å²) in [6.45, 7) is 4.29. The van der Waals surface area contributed by atoms with Gasteiger partial charge in [0.2, 0.25) is 11.8 Å². The summed E-state index contributed by atoms with van der Waals surface area (Å²) in [5.74, 6) is 0.208. The molecule has 0 heterocycles. The maximum atomic E-state index is 12.3. The van der Waals surface area contributed by atoms with Gasteiger partial charge in [-0.15, -0.1) is 0 Å². The van der Waals surface area contributed by atoms with Crippen LogP contribution in [0.1, 0.15) is 63.9 Å². The second-order valence-electron chi connectivity index (χ2n) is 7.56. The van der Waals surface area contributed by atoms with Gasteiger partial charge in [0.05, 0.1) is 11.8 Å². The van der Waals surface area contributed by atoms with E-state index < -0.39 is 0 Å². The van der Waals surface area contributed by atoms with E-state index in [4.69, 9.17) is 0 Å². The molecule has 4 nitrogen and oxygen atoms in total. The van der Waals surface area contributed by atoms with E-state index in [2.05, 4.69) is 24.5 Å². The predicted molar refractivity (Wildman–Crippen MR) is 95.8 cm³/mol. The molecule has 0 spiro atoms. The zero-order valence-electron chi connectivity index (χ0n) is 14.7. The highest BCUT2D eigenvalue weighted by atomic mass is 16.2. The standard InChI is InChI=1S/C20H28N2O2/c1-13(2)14-8-10-16(11-9-14)22-20(24)18-12-17(18)19(23)21-15-6-4-3-5-7-15/h8-11,13,15,17-18H,3-7,12H2,1-2H3,(H,21,23)(H,22,24). The molecule has 2 amide bonds. The highest BCUT2D eigenvalue weighted by Crippen LogP contribution is 2.40. The van der Waals surface area contributed by atoms with Crippen molar-refractivity contribution >= 4 is 17.5 Å². The lowest BCUT2D eigenvalue weighted by Gasteiger charge is -2.22. The minimum absolute atomic E-state index is 0.0314. The monoisotopic (exact) mass is 328 g/mol. The molecule has 2 aliphatic carbocycles. The van der Waals surface area contributed by atoms with Gasteiger partial charge >= 0.3 is 0 Å². The Labute approximate surface area is 144 Å². The first-order valence-electron chi connectivity index (χ1n) is 9.26. The van der Waals surface area contributed by atoms with Gasteiger partial charge in [0.25, 0.3) is 0 Å². The van der Waals surface area contributed by atoms with Crippen LogP contribution in [0.5, 0.6) is 0 Å². The number of nitrogens with one attached hydrogen (secondary N) is 2. The van der Waals surface area contributed by atoms with Gasteiger partial charge in [0, 0.05) is 11.7 Å². The van der Waals surface area contributed by atoms with Gasteiger partial charge in [-0.1, -0.05) is 45.2 Å². The first-order valence-corrected chi connectivity index (χ1v) is 9.26. The van der Waals surface area contributed by atoms with Crippen LogP contribution in [0, 0.1) is 11.8 Å². The summed E-state index contributed by atoms with van der Waals surface area (Å²) in [6.07, 6.45) is 6.51. The van der Waals surface area contributed by atoms with Crippen LogP contribution >= 0.6 is 0 Å². The lowest BCUT2D eigenvalue weighted by Crippen LogP contribution is -2.37. The van der Waals surface area contributed by atoms with Crippen LogP contribution in [0.25, 0.3) is 0 Å². The van der Waals surface area contributed by atoms with Crippen molar-refractivity contribution in [2.24, 2.45) is 11.8 Å². The molecule has 0 aliphatic heterocycles. The zero-order chi connectivity index (χ0) is 17.1. The Kier molecular flexibility index (Phi) is 5.22. The van der Waals surface area contributed by atoms with Crippen LogP contribution in [-0.4, -0.2) is 17.9 Å². The Hall–Kier alpha value is -1.84. The first-order chi connectivity index (χ1) is 11.5. The van der Waals surface area contributed by atoms with Crippen molar-refractivity contribution in [1.82, 2.24) is 5.32 Å². The SMILES string of the molecule is CC(C)c1ccc(NC(=O)C2CC2C(=O)NC2CCCCC2)cc1. The summed E-state index contributed by atoms with van der Waals surface area (Å²) >= 11 is 0. The molecule has 3 rings (SSSR count). The maximum absolute atomic E-state index is 12.3. The minimum Gasteiger partial charge on any atom is -0.353 e.